The molecule has 33 heavy (non-hydrogen) atoms. The fourth-order valence-electron chi connectivity index (χ4n) is 4.67. The molecule has 0 bridgehead atoms. The quantitative estimate of drug-likeness (QED) is 0.599. The second-order valence-corrected chi connectivity index (χ2v) is 8.52. The molecule has 8 nitrogen and oxygen atoms in total. The molecular weight excluding hydrogens is 422 g/mol. The third kappa shape index (κ3) is 4.40. The van der Waals surface area contributed by atoms with Crippen LogP contribution in [0.5, 0.6) is 5.75 Å². The number of ether oxygens (including phenoxy) is 1. The molecular formula is C25H25N3O5. The molecule has 4 rings (SSSR count). The van der Waals surface area contributed by atoms with E-state index >= 15 is 0 Å². The number of carbonyl (C=O) groups is 3. The maximum Gasteiger partial charge on any atom is 0.303 e. The van der Waals surface area contributed by atoms with Crippen molar-refractivity contribution < 1.29 is 24.2 Å². The van der Waals surface area contributed by atoms with Crippen LogP contribution in [0.4, 0.5) is 5.69 Å². The molecule has 0 saturated heterocycles. The lowest BCUT2D eigenvalue weighted by Crippen LogP contribution is -2.27. The topological polar surface area (TPSA) is 129 Å². The summed E-state index contributed by atoms with van der Waals surface area (Å²) in [6.07, 6.45) is 2.36. The molecule has 2 aromatic carbocycles. The Morgan fingerprint density at radius 3 is 2.79 bits per heavy atom. The van der Waals surface area contributed by atoms with Crippen LogP contribution in [0.3, 0.4) is 0 Å². The summed E-state index contributed by atoms with van der Waals surface area (Å²) >= 11 is 0. The molecule has 2 amide bonds. The van der Waals surface area contributed by atoms with Crippen LogP contribution in [0.1, 0.15) is 52.7 Å². The van der Waals surface area contributed by atoms with Crippen LogP contribution >= 0.6 is 0 Å². The van der Waals surface area contributed by atoms with Gasteiger partial charge in [-0.3, -0.25) is 14.4 Å². The average Bonchev–Trinajstić information content (AvgIpc) is 3.53. The second-order valence-electron chi connectivity index (χ2n) is 8.52. The SMILES string of the molecule is CNC(=O)c1ccc2c(c1)OCC[C@]21C[C@H]1C(=O)Nc1cc(C#N)ccc1CCCC(=O)O. The highest BCUT2D eigenvalue weighted by Gasteiger charge is 2.61. The molecule has 0 aromatic heterocycles. The molecule has 0 radical (unpaired) electrons. The van der Waals surface area contributed by atoms with Gasteiger partial charge < -0.3 is 20.5 Å². The molecule has 3 N–H and O–H groups in total. The summed E-state index contributed by atoms with van der Waals surface area (Å²) in [6, 6.07) is 12.5. The Balaban J connectivity index is 1.53. The molecule has 1 saturated carbocycles. The first kappa shape index (κ1) is 22.3. The van der Waals surface area contributed by atoms with E-state index in [4.69, 9.17) is 9.84 Å². The number of fused-ring (bicyclic) bond motifs is 2. The fraction of sp³-hybridized carbons (Fsp3) is 0.360. The molecule has 1 aliphatic heterocycles. The summed E-state index contributed by atoms with van der Waals surface area (Å²) in [6.45, 7) is 0.471. The van der Waals surface area contributed by atoms with Gasteiger partial charge in [-0.15, -0.1) is 0 Å². The van der Waals surface area contributed by atoms with Crippen molar-refractivity contribution in [3.63, 3.8) is 0 Å². The average molecular weight is 447 g/mol. The number of hydrogen-bond acceptors (Lipinski definition) is 5. The number of aryl methyl sites for hydroxylation is 1. The smallest absolute Gasteiger partial charge is 0.303 e. The largest absolute Gasteiger partial charge is 0.493 e. The number of rotatable bonds is 7. The minimum atomic E-state index is -0.869. The summed E-state index contributed by atoms with van der Waals surface area (Å²) in [5, 5.41) is 23.8. The first-order valence-corrected chi connectivity index (χ1v) is 10.9. The van der Waals surface area contributed by atoms with E-state index in [0.717, 1.165) is 11.1 Å². The summed E-state index contributed by atoms with van der Waals surface area (Å²) in [7, 11) is 1.57. The molecule has 170 valence electrons. The lowest BCUT2D eigenvalue weighted by atomic mass is 9.86. The monoisotopic (exact) mass is 447 g/mol. The number of nitrogens with one attached hydrogen (secondary N) is 2. The van der Waals surface area contributed by atoms with E-state index in [9.17, 15) is 19.6 Å². The highest BCUT2D eigenvalue weighted by molar-refractivity contribution is 5.98. The van der Waals surface area contributed by atoms with Gasteiger partial charge in [-0.2, -0.15) is 5.26 Å². The predicted molar refractivity (Wildman–Crippen MR) is 120 cm³/mol. The number of aliphatic carboxylic acids is 1. The number of carboxylic acid groups (broad SMARTS) is 1. The van der Waals surface area contributed by atoms with Crippen LogP contribution in [0, 0.1) is 17.2 Å². The molecule has 0 unspecified atom stereocenters. The van der Waals surface area contributed by atoms with Crippen LogP contribution in [-0.4, -0.2) is 36.5 Å². The maximum atomic E-state index is 13.2. The Bertz CT molecular complexity index is 1170. The third-order valence-electron chi connectivity index (χ3n) is 6.54. The van der Waals surface area contributed by atoms with E-state index < -0.39 is 5.97 Å². The Hall–Kier alpha value is -3.86. The highest BCUT2D eigenvalue weighted by Crippen LogP contribution is 2.61. The van der Waals surface area contributed by atoms with Gasteiger partial charge in [0.1, 0.15) is 5.75 Å². The van der Waals surface area contributed by atoms with E-state index in [1.54, 1.807) is 37.4 Å². The number of carbonyl (C=O) groups excluding carboxylic acids is 2. The molecule has 1 aliphatic carbocycles. The first-order valence-electron chi connectivity index (χ1n) is 10.9. The molecule has 2 atom stereocenters. The Morgan fingerprint density at radius 1 is 1.24 bits per heavy atom. The van der Waals surface area contributed by atoms with E-state index in [1.165, 1.54) is 0 Å². The van der Waals surface area contributed by atoms with E-state index in [0.29, 0.717) is 54.9 Å². The number of carboxylic acids is 1. The van der Waals surface area contributed by atoms with Crippen LogP contribution in [0.2, 0.25) is 0 Å². The van der Waals surface area contributed by atoms with Crippen molar-refractivity contribution in [1.82, 2.24) is 5.32 Å². The minimum Gasteiger partial charge on any atom is -0.493 e. The zero-order chi connectivity index (χ0) is 23.6. The normalized spacial score (nSPS) is 20.2. The number of nitriles is 1. The van der Waals surface area contributed by atoms with Crippen molar-refractivity contribution in [2.45, 2.75) is 37.5 Å². The summed E-state index contributed by atoms with van der Waals surface area (Å²) < 4.78 is 5.80. The van der Waals surface area contributed by atoms with Crippen molar-refractivity contribution in [2.24, 2.45) is 5.92 Å². The third-order valence-corrected chi connectivity index (χ3v) is 6.54. The summed E-state index contributed by atoms with van der Waals surface area (Å²) in [4.78, 5) is 36.0. The van der Waals surface area contributed by atoms with Gasteiger partial charge in [-0.25, -0.2) is 0 Å². The molecule has 2 aliphatic rings. The molecule has 2 aromatic rings. The van der Waals surface area contributed by atoms with Gasteiger partial charge in [-0.05, 0) is 55.5 Å². The minimum absolute atomic E-state index is 0.0357. The van der Waals surface area contributed by atoms with Gasteiger partial charge in [0.25, 0.3) is 5.91 Å². The van der Waals surface area contributed by atoms with E-state index in [2.05, 4.69) is 16.7 Å². The van der Waals surface area contributed by atoms with Crippen LogP contribution in [-0.2, 0) is 21.4 Å². The van der Waals surface area contributed by atoms with Crippen molar-refractivity contribution in [1.29, 1.82) is 5.26 Å². The zero-order valence-corrected chi connectivity index (χ0v) is 18.3. The highest BCUT2D eigenvalue weighted by atomic mass is 16.5. The van der Waals surface area contributed by atoms with Crippen molar-refractivity contribution >= 4 is 23.5 Å². The van der Waals surface area contributed by atoms with Gasteiger partial charge in [0, 0.05) is 41.6 Å². The van der Waals surface area contributed by atoms with E-state index in [1.807, 2.05) is 6.07 Å². The van der Waals surface area contributed by atoms with Gasteiger partial charge in [-0.1, -0.05) is 12.1 Å². The van der Waals surface area contributed by atoms with Crippen molar-refractivity contribution in [3.8, 4) is 11.8 Å². The lowest BCUT2D eigenvalue weighted by Gasteiger charge is -2.27. The fourth-order valence-corrected chi connectivity index (χ4v) is 4.67. The predicted octanol–water partition coefficient (Wildman–Crippen LogP) is 3.00. The Kier molecular flexibility index (Phi) is 6.05. The number of benzene rings is 2. The van der Waals surface area contributed by atoms with Gasteiger partial charge in [0.15, 0.2) is 0 Å². The molecule has 1 spiro atoms. The molecule has 8 heteroatoms. The van der Waals surface area contributed by atoms with E-state index in [-0.39, 0.29) is 29.6 Å². The summed E-state index contributed by atoms with van der Waals surface area (Å²) in [5.74, 6) is -0.805. The van der Waals surface area contributed by atoms with Crippen molar-refractivity contribution in [3.05, 3.63) is 58.7 Å². The molecule has 1 fully saturated rings. The number of hydrogen-bond donors (Lipinski definition) is 3. The Morgan fingerprint density at radius 2 is 2.06 bits per heavy atom. The zero-order valence-electron chi connectivity index (χ0n) is 18.3. The van der Waals surface area contributed by atoms with Crippen LogP contribution < -0.4 is 15.4 Å². The van der Waals surface area contributed by atoms with Gasteiger partial charge in [0.2, 0.25) is 5.91 Å². The summed E-state index contributed by atoms with van der Waals surface area (Å²) in [5.41, 5.74) is 2.91. The number of anilines is 1. The lowest BCUT2D eigenvalue weighted by molar-refractivity contribution is -0.137. The Labute approximate surface area is 191 Å². The first-order chi connectivity index (χ1) is 15.9. The van der Waals surface area contributed by atoms with Crippen LogP contribution in [0.15, 0.2) is 36.4 Å². The number of amides is 2. The van der Waals surface area contributed by atoms with Gasteiger partial charge >= 0.3 is 5.97 Å². The maximum absolute atomic E-state index is 13.2. The van der Waals surface area contributed by atoms with Crippen molar-refractivity contribution in [2.75, 3.05) is 19.0 Å². The standard InChI is InChI=1S/C25H25N3O5/c1-27-23(31)17-7-8-18-21(12-17)33-10-9-25(18)13-19(25)24(32)28-20-11-15(14-26)5-6-16(20)3-2-4-22(29)30/h5-8,11-12,19H,2-4,9-10,13H2,1H3,(H,27,31)(H,28,32)(H,29,30)/t19-,25-/m0/s1. The van der Waals surface area contributed by atoms with Crippen LogP contribution in [0.25, 0.3) is 0 Å². The van der Waals surface area contributed by atoms with Gasteiger partial charge in [0.05, 0.1) is 18.2 Å². The molecule has 1 heterocycles. The second kappa shape index (κ2) is 8.94. The number of nitrogens with zero attached hydrogens (tertiary/aromatic N) is 1.